The van der Waals surface area contributed by atoms with Crippen LogP contribution in [0.25, 0.3) is 0 Å². The monoisotopic (exact) mass is 216 g/mol. The predicted octanol–water partition coefficient (Wildman–Crippen LogP) is 2.93. The second kappa shape index (κ2) is 9.97. The van der Waals surface area contributed by atoms with Gasteiger partial charge in [-0.3, -0.25) is 4.79 Å². The van der Waals surface area contributed by atoms with Crippen molar-refractivity contribution >= 4 is 5.97 Å². The van der Waals surface area contributed by atoms with Crippen molar-refractivity contribution < 1.29 is 14.3 Å². The van der Waals surface area contributed by atoms with Crippen LogP contribution in [-0.2, 0) is 14.3 Å². The van der Waals surface area contributed by atoms with E-state index in [1.54, 1.807) is 7.11 Å². The van der Waals surface area contributed by atoms with Crippen LogP contribution in [0.2, 0.25) is 0 Å². The minimum Gasteiger partial charge on any atom is -0.469 e. The first-order valence-electron chi connectivity index (χ1n) is 5.84. The molecule has 90 valence electrons. The van der Waals surface area contributed by atoms with Gasteiger partial charge in [0, 0.05) is 13.5 Å². The quantitative estimate of drug-likeness (QED) is 0.439. The first-order chi connectivity index (χ1) is 7.24. The molecule has 15 heavy (non-hydrogen) atoms. The second-order valence-corrected chi connectivity index (χ2v) is 3.82. The number of hydrogen-bond donors (Lipinski definition) is 0. The first-order valence-corrected chi connectivity index (χ1v) is 5.84. The molecule has 1 atom stereocenters. The van der Waals surface area contributed by atoms with Crippen LogP contribution in [0.15, 0.2) is 0 Å². The lowest BCUT2D eigenvalue weighted by Gasteiger charge is -2.14. The Balaban J connectivity index is 3.41. The van der Waals surface area contributed by atoms with E-state index >= 15 is 0 Å². The molecule has 0 saturated heterocycles. The summed E-state index contributed by atoms with van der Waals surface area (Å²) < 4.78 is 9.95. The Bertz CT molecular complexity index is 157. The van der Waals surface area contributed by atoms with Gasteiger partial charge in [0.2, 0.25) is 0 Å². The number of methoxy groups -OCH3 is 2. The predicted molar refractivity (Wildman–Crippen MR) is 60.8 cm³/mol. The van der Waals surface area contributed by atoms with Crippen LogP contribution in [0.5, 0.6) is 0 Å². The first kappa shape index (κ1) is 14.4. The lowest BCUT2D eigenvalue weighted by atomic mass is 10.1. The molecule has 0 aliphatic heterocycles. The summed E-state index contributed by atoms with van der Waals surface area (Å²) in [6.07, 6.45) is 7.44. The summed E-state index contributed by atoms with van der Waals surface area (Å²) in [4.78, 5) is 10.8. The van der Waals surface area contributed by atoms with Gasteiger partial charge in [-0.2, -0.15) is 0 Å². The van der Waals surface area contributed by atoms with Crippen LogP contribution in [-0.4, -0.2) is 26.3 Å². The molecule has 0 aromatic heterocycles. The molecule has 0 unspecified atom stereocenters. The maximum atomic E-state index is 10.8. The highest BCUT2D eigenvalue weighted by molar-refractivity contribution is 5.68. The third-order valence-corrected chi connectivity index (χ3v) is 2.60. The Morgan fingerprint density at radius 1 is 1.13 bits per heavy atom. The highest BCUT2D eigenvalue weighted by Gasteiger charge is 2.07. The van der Waals surface area contributed by atoms with Gasteiger partial charge in [0.25, 0.3) is 0 Å². The highest BCUT2D eigenvalue weighted by Crippen LogP contribution is 2.12. The topological polar surface area (TPSA) is 35.5 Å². The lowest BCUT2D eigenvalue weighted by molar-refractivity contribution is -0.140. The molecule has 0 heterocycles. The van der Waals surface area contributed by atoms with Crippen LogP contribution in [0, 0.1) is 0 Å². The van der Waals surface area contributed by atoms with Crippen molar-refractivity contribution in [2.24, 2.45) is 0 Å². The van der Waals surface area contributed by atoms with Crippen molar-refractivity contribution in [1.82, 2.24) is 0 Å². The minimum atomic E-state index is -0.113. The fraction of sp³-hybridized carbons (Fsp3) is 0.917. The molecule has 0 rings (SSSR count). The Kier molecular flexibility index (Phi) is 9.59. The molecule has 0 aliphatic rings. The van der Waals surface area contributed by atoms with Gasteiger partial charge in [-0.1, -0.05) is 26.2 Å². The summed E-state index contributed by atoms with van der Waals surface area (Å²) in [6, 6.07) is 0. The van der Waals surface area contributed by atoms with E-state index in [4.69, 9.17) is 4.74 Å². The average molecular weight is 216 g/mol. The summed E-state index contributed by atoms with van der Waals surface area (Å²) in [7, 11) is 3.20. The molecule has 0 bridgehead atoms. The van der Waals surface area contributed by atoms with Crippen molar-refractivity contribution in [3.8, 4) is 0 Å². The van der Waals surface area contributed by atoms with E-state index in [0.29, 0.717) is 12.5 Å². The molecular formula is C12H24O3. The summed E-state index contributed by atoms with van der Waals surface area (Å²) >= 11 is 0. The number of rotatable bonds is 9. The Labute approximate surface area is 93.1 Å². The molecule has 0 aromatic carbocycles. The van der Waals surface area contributed by atoms with Crippen LogP contribution in [0.3, 0.4) is 0 Å². The number of ether oxygens (including phenoxy) is 2. The van der Waals surface area contributed by atoms with E-state index in [2.05, 4.69) is 11.7 Å². The summed E-state index contributed by atoms with van der Waals surface area (Å²) in [5.41, 5.74) is 0. The smallest absolute Gasteiger partial charge is 0.305 e. The van der Waals surface area contributed by atoms with Crippen molar-refractivity contribution in [2.45, 2.75) is 58.0 Å². The fourth-order valence-electron chi connectivity index (χ4n) is 1.56. The second-order valence-electron chi connectivity index (χ2n) is 3.82. The number of carbonyl (C=O) groups excluding carboxylic acids is 1. The number of esters is 1. The van der Waals surface area contributed by atoms with Crippen LogP contribution in [0.1, 0.15) is 51.9 Å². The third kappa shape index (κ3) is 8.43. The maximum absolute atomic E-state index is 10.8. The molecule has 0 N–H and O–H groups in total. The van der Waals surface area contributed by atoms with Gasteiger partial charge in [-0.05, 0) is 19.3 Å². The zero-order chi connectivity index (χ0) is 11.5. The van der Waals surface area contributed by atoms with Crippen molar-refractivity contribution in [2.75, 3.05) is 14.2 Å². The van der Waals surface area contributed by atoms with Crippen LogP contribution >= 0.6 is 0 Å². The molecule has 0 fully saturated rings. The van der Waals surface area contributed by atoms with Crippen LogP contribution in [0.4, 0.5) is 0 Å². The minimum absolute atomic E-state index is 0.113. The normalized spacial score (nSPS) is 12.5. The number of unbranched alkanes of at least 4 members (excludes halogenated alkanes) is 2. The molecule has 0 amide bonds. The van der Waals surface area contributed by atoms with E-state index in [-0.39, 0.29) is 5.97 Å². The van der Waals surface area contributed by atoms with E-state index in [1.165, 1.54) is 20.0 Å². The molecule has 0 spiro atoms. The molecule has 0 radical (unpaired) electrons. The van der Waals surface area contributed by atoms with Crippen molar-refractivity contribution in [3.05, 3.63) is 0 Å². The van der Waals surface area contributed by atoms with E-state index in [9.17, 15) is 4.79 Å². The Morgan fingerprint density at radius 3 is 2.33 bits per heavy atom. The maximum Gasteiger partial charge on any atom is 0.305 e. The SMILES string of the molecule is CCCC[C@@H](CCCCC(=O)OC)OC. The van der Waals surface area contributed by atoms with Gasteiger partial charge in [-0.25, -0.2) is 0 Å². The molecular weight excluding hydrogens is 192 g/mol. The molecule has 0 aromatic rings. The zero-order valence-corrected chi connectivity index (χ0v) is 10.3. The zero-order valence-electron chi connectivity index (χ0n) is 10.3. The van der Waals surface area contributed by atoms with Crippen LogP contribution < -0.4 is 0 Å². The lowest BCUT2D eigenvalue weighted by Crippen LogP contribution is -2.10. The standard InChI is InChI=1S/C12H24O3/c1-4-5-8-11(14-2)9-6-7-10-12(13)15-3/h11H,4-10H2,1-3H3/t11-/m0/s1. The van der Waals surface area contributed by atoms with Gasteiger partial charge >= 0.3 is 5.97 Å². The molecule has 3 nitrogen and oxygen atoms in total. The van der Waals surface area contributed by atoms with Gasteiger partial charge in [0.1, 0.15) is 0 Å². The van der Waals surface area contributed by atoms with E-state index in [1.807, 2.05) is 0 Å². The largest absolute Gasteiger partial charge is 0.469 e. The Morgan fingerprint density at radius 2 is 1.80 bits per heavy atom. The number of hydrogen-bond acceptors (Lipinski definition) is 3. The summed E-state index contributed by atoms with van der Waals surface area (Å²) in [5.74, 6) is -0.113. The highest BCUT2D eigenvalue weighted by atomic mass is 16.5. The average Bonchev–Trinajstić information content (AvgIpc) is 2.27. The van der Waals surface area contributed by atoms with Gasteiger partial charge in [-0.15, -0.1) is 0 Å². The van der Waals surface area contributed by atoms with E-state index < -0.39 is 0 Å². The van der Waals surface area contributed by atoms with Gasteiger partial charge in [0.15, 0.2) is 0 Å². The third-order valence-electron chi connectivity index (χ3n) is 2.60. The summed E-state index contributed by atoms with van der Waals surface area (Å²) in [5, 5.41) is 0. The van der Waals surface area contributed by atoms with Crippen molar-refractivity contribution in [1.29, 1.82) is 0 Å². The van der Waals surface area contributed by atoms with Gasteiger partial charge in [0.05, 0.1) is 13.2 Å². The fourth-order valence-corrected chi connectivity index (χ4v) is 1.56. The van der Waals surface area contributed by atoms with Crippen molar-refractivity contribution in [3.63, 3.8) is 0 Å². The summed E-state index contributed by atoms with van der Waals surface area (Å²) in [6.45, 7) is 2.18. The van der Waals surface area contributed by atoms with E-state index in [0.717, 1.165) is 25.7 Å². The molecule has 0 saturated carbocycles. The Hall–Kier alpha value is -0.570. The molecule has 3 heteroatoms. The number of carbonyl (C=O) groups is 1. The van der Waals surface area contributed by atoms with Gasteiger partial charge < -0.3 is 9.47 Å². The molecule has 0 aliphatic carbocycles.